The zero-order valence-electron chi connectivity index (χ0n) is 10.6. The van der Waals surface area contributed by atoms with Gasteiger partial charge >= 0.3 is 0 Å². The molecule has 0 saturated heterocycles. The zero-order chi connectivity index (χ0) is 13.2. The molecule has 0 fully saturated rings. The first-order chi connectivity index (χ1) is 8.46. The fourth-order valence-electron chi connectivity index (χ4n) is 2.06. The van der Waals surface area contributed by atoms with E-state index in [2.05, 4.69) is 4.98 Å². The molecule has 0 saturated carbocycles. The third-order valence-electron chi connectivity index (χ3n) is 2.93. The van der Waals surface area contributed by atoms with E-state index in [1.165, 1.54) is 12.1 Å². The molecule has 1 heterocycles. The standard InChI is InChI=1S/C14H17FN2O/c1-14(18,10-13-16-6-7-17(13)2)9-11-4-3-5-12(15)8-11/h3-8,18H,9-10H2,1-2H3. The van der Waals surface area contributed by atoms with Crippen molar-refractivity contribution in [2.24, 2.45) is 7.05 Å². The molecule has 1 aromatic carbocycles. The lowest BCUT2D eigenvalue weighted by atomic mass is 9.93. The van der Waals surface area contributed by atoms with E-state index in [9.17, 15) is 9.50 Å². The molecule has 4 heteroatoms. The van der Waals surface area contributed by atoms with Gasteiger partial charge in [-0.3, -0.25) is 0 Å². The number of hydrogen-bond donors (Lipinski definition) is 1. The van der Waals surface area contributed by atoms with Gasteiger partial charge in [0.25, 0.3) is 0 Å². The summed E-state index contributed by atoms with van der Waals surface area (Å²) in [4.78, 5) is 4.19. The van der Waals surface area contributed by atoms with Gasteiger partial charge in [0.15, 0.2) is 0 Å². The summed E-state index contributed by atoms with van der Waals surface area (Å²) in [6.07, 6.45) is 4.38. The van der Waals surface area contributed by atoms with E-state index in [-0.39, 0.29) is 5.82 Å². The van der Waals surface area contributed by atoms with Crippen LogP contribution in [0.25, 0.3) is 0 Å². The molecule has 1 unspecified atom stereocenters. The average Bonchev–Trinajstić information content (AvgIpc) is 2.62. The molecule has 0 spiro atoms. The van der Waals surface area contributed by atoms with E-state index in [4.69, 9.17) is 0 Å². The third kappa shape index (κ3) is 3.17. The van der Waals surface area contributed by atoms with Crippen molar-refractivity contribution in [1.82, 2.24) is 9.55 Å². The van der Waals surface area contributed by atoms with Crippen LogP contribution in [0.15, 0.2) is 36.7 Å². The monoisotopic (exact) mass is 248 g/mol. The molecule has 0 bridgehead atoms. The largest absolute Gasteiger partial charge is 0.389 e. The molecule has 96 valence electrons. The number of aliphatic hydroxyl groups is 1. The summed E-state index contributed by atoms with van der Waals surface area (Å²) in [6, 6.07) is 6.32. The second-order valence-electron chi connectivity index (χ2n) is 4.93. The number of benzene rings is 1. The minimum Gasteiger partial charge on any atom is -0.389 e. The fraction of sp³-hybridized carbons (Fsp3) is 0.357. The summed E-state index contributed by atoms with van der Waals surface area (Å²) in [6.45, 7) is 1.74. The topological polar surface area (TPSA) is 38.0 Å². The summed E-state index contributed by atoms with van der Waals surface area (Å²) < 4.78 is 15.0. The molecule has 0 aliphatic carbocycles. The van der Waals surface area contributed by atoms with Crippen LogP contribution < -0.4 is 0 Å². The van der Waals surface area contributed by atoms with E-state index in [0.29, 0.717) is 12.8 Å². The van der Waals surface area contributed by atoms with Crippen LogP contribution in [-0.2, 0) is 19.9 Å². The van der Waals surface area contributed by atoms with Gasteiger partial charge in [0.05, 0.1) is 5.60 Å². The van der Waals surface area contributed by atoms with Crippen LogP contribution in [0, 0.1) is 5.82 Å². The van der Waals surface area contributed by atoms with Gasteiger partial charge in [-0.05, 0) is 24.6 Å². The highest BCUT2D eigenvalue weighted by Gasteiger charge is 2.23. The SMILES string of the molecule is Cn1ccnc1CC(C)(O)Cc1cccc(F)c1. The van der Waals surface area contributed by atoms with E-state index < -0.39 is 5.60 Å². The number of aromatic nitrogens is 2. The van der Waals surface area contributed by atoms with E-state index in [0.717, 1.165) is 11.4 Å². The first kappa shape index (κ1) is 12.8. The van der Waals surface area contributed by atoms with Gasteiger partial charge in [0.1, 0.15) is 11.6 Å². The Bertz CT molecular complexity index is 534. The van der Waals surface area contributed by atoms with Gasteiger partial charge in [-0.25, -0.2) is 9.37 Å². The van der Waals surface area contributed by atoms with Crippen LogP contribution >= 0.6 is 0 Å². The second-order valence-corrected chi connectivity index (χ2v) is 4.93. The van der Waals surface area contributed by atoms with Gasteiger partial charge in [-0.1, -0.05) is 12.1 Å². The van der Waals surface area contributed by atoms with Gasteiger partial charge < -0.3 is 9.67 Å². The molecule has 2 rings (SSSR count). The lowest BCUT2D eigenvalue weighted by molar-refractivity contribution is 0.0580. The summed E-state index contributed by atoms with van der Waals surface area (Å²) >= 11 is 0. The smallest absolute Gasteiger partial charge is 0.123 e. The van der Waals surface area contributed by atoms with Crippen molar-refractivity contribution in [3.63, 3.8) is 0 Å². The third-order valence-corrected chi connectivity index (χ3v) is 2.93. The minimum absolute atomic E-state index is 0.278. The zero-order valence-corrected chi connectivity index (χ0v) is 10.6. The summed E-state index contributed by atoms with van der Waals surface area (Å²) in [5.41, 5.74) is -0.151. The Balaban J connectivity index is 2.10. The molecule has 3 nitrogen and oxygen atoms in total. The quantitative estimate of drug-likeness (QED) is 0.899. The fourth-order valence-corrected chi connectivity index (χ4v) is 2.06. The highest BCUT2D eigenvalue weighted by atomic mass is 19.1. The van der Waals surface area contributed by atoms with E-state index in [1.54, 1.807) is 19.2 Å². The molecule has 1 aromatic heterocycles. The molecule has 0 amide bonds. The predicted molar refractivity (Wildman–Crippen MR) is 67.6 cm³/mol. The summed E-state index contributed by atoms with van der Waals surface area (Å²) in [5.74, 6) is 0.539. The van der Waals surface area contributed by atoms with Gasteiger partial charge in [-0.2, -0.15) is 0 Å². The molecule has 0 aliphatic heterocycles. The highest BCUT2D eigenvalue weighted by Crippen LogP contribution is 2.18. The van der Waals surface area contributed by atoms with Crippen molar-refractivity contribution in [1.29, 1.82) is 0 Å². The number of aryl methyl sites for hydroxylation is 1. The average molecular weight is 248 g/mol. The van der Waals surface area contributed by atoms with Crippen molar-refractivity contribution >= 4 is 0 Å². The normalized spacial score (nSPS) is 14.4. The first-order valence-corrected chi connectivity index (χ1v) is 5.89. The Kier molecular flexibility index (Phi) is 3.48. The van der Waals surface area contributed by atoms with Gasteiger partial charge in [-0.15, -0.1) is 0 Å². The Labute approximate surface area is 106 Å². The van der Waals surface area contributed by atoms with Crippen LogP contribution in [0.2, 0.25) is 0 Å². The molecule has 1 atom stereocenters. The van der Waals surface area contributed by atoms with Gasteiger partial charge in [0, 0.05) is 32.3 Å². The van der Waals surface area contributed by atoms with Crippen molar-refractivity contribution in [2.45, 2.75) is 25.4 Å². The van der Waals surface area contributed by atoms with Crippen molar-refractivity contribution in [3.05, 3.63) is 53.9 Å². The number of imidazole rings is 1. The molecule has 0 radical (unpaired) electrons. The van der Waals surface area contributed by atoms with Crippen LogP contribution in [0.4, 0.5) is 4.39 Å². The van der Waals surface area contributed by atoms with Crippen molar-refractivity contribution in [2.75, 3.05) is 0 Å². The lowest BCUT2D eigenvalue weighted by Gasteiger charge is -2.23. The molecule has 1 N–H and O–H groups in total. The maximum Gasteiger partial charge on any atom is 0.123 e. The predicted octanol–water partition coefficient (Wildman–Crippen LogP) is 2.10. The molecule has 18 heavy (non-hydrogen) atoms. The molecule has 0 aliphatic rings. The summed E-state index contributed by atoms with van der Waals surface area (Å²) in [5, 5.41) is 10.4. The lowest BCUT2D eigenvalue weighted by Crippen LogP contribution is -2.31. The highest BCUT2D eigenvalue weighted by molar-refractivity contribution is 5.18. The van der Waals surface area contributed by atoms with E-state index >= 15 is 0 Å². The maximum atomic E-state index is 13.1. The maximum absolute atomic E-state index is 13.1. The Morgan fingerprint density at radius 2 is 2.17 bits per heavy atom. The molecule has 2 aromatic rings. The van der Waals surface area contributed by atoms with Crippen LogP contribution in [0.5, 0.6) is 0 Å². The van der Waals surface area contributed by atoms with Crippen molar-refractivity contribution < 1.29 is 9.50 Å². The van der Waals surface area contributed by atoms with Crippen LogP contribution in [-0.4, -0.2) is 20.3 Å². The second kappa shape index (κ2) is 4.90. The van der Waals surface area contributed by atoms with Crippen LogP contribution in [0.3, 0.4) is 0 Å². The number of nitrogens with zero attached hydrogens (tertiary/aromatic N) is 2. The van der Waals surface area contributed by atoms with Crippen molar-refractivity contribution in [3.8, 4) is 0 Å². The van der Waals surface area contributed by atoms with E-state index in [1.807, 2.05) is 23.9 Å². The number of halogens is 1. The molecular weight excluding hydrogens is 231 g/mol. The minimum atomic E-state index is -0.938. The first-order valence-electron chi connectivity index (χ1n) is 5.89. The van der Waals surface area contributed by atoms with Crippen LogP contribution in [0.1, 0.15) is 18.3 Å². The Morgan fingerprint density at radius 1 is 1.39 bits per heavy atom. The Hall–Kier alpha value is -1.68. The number of rotatable bonds is 4. The van der Waals surface area contributed by atoms with Gasteiger partial charge in [0.2, 0.25) is 0 Å². The Morgan fingerprint density at radius 3 is 2.78 bits per heavy atom. The number of hydrogen-bond acceptors (Lipinski definition) is 2. The summed E-state index contributed by atoms with van der Waals surface area (Å²) in [7, 11) is 1.89. The molecular formula is C14H17FN2O.